The van der Waals surface area contributed by atoms with E-state index in [1.165, 1.54) is 6.08 Å². The van der Waals surface area contributed by atoms with Gasteiger partial charge < -0.3 is 24.4 Å². The van der Waals surface area contributed by atoms with Gasteiger partial charge in [-0.05, 0) is 43.9 Å². The summed E-state index contributed by atoms with van der Waals surface area (Å²) in [5, 5.41) is 2.96. The Morgan fingerprint density at radius 2 is 2.00 bits per heavy atom. The number of nitrogens with one attached hydrogen (secondary N) is 1. The van der Waals surface area contributed by atoms with Crippen LogP contribution in [-0.4, -0.2) is 45.3 Å². The minimum absolute atomic E-state index is 0.00374. The highest BCUT2D eigenvalue weighted by molar-refractivity contribution is 5.91. The normalized spacial score (nSPS) is 13.8. The summed E-state index contributed by atoms with van der Waals surface area (Å²) in [6, 6.07) is 13.4. The van der Waals surface area contributed by atoms with Gasteiger partial charge in [0.15, 0.2) is 11.5 Å². The van der Waals surface area contributed by atoms with Crippen molar-refractivity contribution in [3.05, 3.63) is 59.7 Å². The maximum atomic E-state index is 12.3. The van der Waals surface area contributed by atoms with Gasteiger partial charge in [-0.25, -0.2) is 0 Å². The topological polar surface area (TPSA) is 60.0 Å². The first-order valence-electron chi connectivity index (χ1n) is 8.73. The Kier molecular flexibility index (Phi) is 5.98. The number of ether oxygens (including phenoxy) is 3. The second-order valence-electron chi connectivity index (χ2n) is 6.41. The van der Waals surface area contributed by atoms with Crippen molar-refractivity contribution in [2.75, 3.05) is 34.5 Å². The van der Waals surface area contributed by atoms with E-state index in [0.29, 0.717) is 12.3 Å². The van der Waals surface area contributed by atoms with Gasteiger partial charge in [-0.2, -0.15) is 0 Å². The lowest BCUT2D eigenvalue weighted by atomic mass is 10.0. The SMILES string of the molecule is COc1ccccc1C(CNC(=O)/C=C/c1ccc2c(c1)OCO2)N(C)C. The fourth-order valence-corrected chi connectivity index (χ4v) is 2.96. The molecule has 6 nitrogen and oxygen atoms in total. The lowest BCUT2D eigenvalue weighted by molar-refractivity contribution is -0.116. The van der Waals surface area contributed by atoms with Crippen LogP contribution in [0.25, 0.3) is 6.08 Å². The van der Waals surface area contributed by atoms with E-state index in [4.69, 9.17) is 14.2 Å². The fourth-order valence-electron chi connectivity index (χ4n) is 2.96. The Balaban J connectivity index is 1.63. The summed E-state index contributed by atoms with van der Waals surface area (Å²) in [5.41, 5.74) is 1.91. The zero-order valence-corrected chi connectivity index (χ0v) is 15.8. The van der Waals surface area contributed by atoms with Crippen LogP contribution in [0.5, 0.6) is 17.2 Å². The zero-order chi connectivity index (χ0) is 19.2. The average molecular weight is 368 g/mol. The quantitative estimate of drug-likeness (QED) is 0.762. The number of methoxy groups -OCH3 is 1. The number of carbonyl (C=O) groups is 1. The molecule has 0 radical (unpaired) electrons. The van der Waals surface area contributed by atoms with Crippen molar-refractivity contribution in [2.24, 2.45) is 0 Å². The monoisotopic (exact) mass is 368 g/mol. The molecule has 1 N–H and O–H groups in total. The van der Waals surface area contributed by atoms with Crippen LogP contribution in [0, 0.1) is 0 Å². The van der Waals surface area contributed by atoms with Gasteiger partial charge in [-0.3, -0.25) is 4.79 Å². The first-order chi connectivity index (χ1) is 13.1. The van der Waals surface area contributed by atoms with Crippen LogP contribution in [0.15, 0.2) is 48.5 Å². The Hall–Kier alpha value is -2.99. The molecule has 3 rings (SSSR count). The Bertz CT molecular complexity index is 833. The third kappa shape index (κ3) is 4.60. The third-order valence-electron chi connectivity index (χ3n) is 4.41. The summed E-state index contributed by atoms with van der Waals surface area (Å²) in [6.07, 6.45) is 3.28. The summed E-state index contributed by atoms with van der Waals surface area (Å²) < 4.78 is 16.1. The van der Waals surface area contributed by atoms with Crippen molar-refractivity contribution < 1.29 is 19.0 Å². The van der Waals surface area contributed by atoms with E-state index in [1.807, 2.05) is 56.6 Å². The van der Waals surface area contributed by atoms with Gasteiger partial charge in [0, 0.05) is 18.2 Å². The fraction of sp³-hybridized carbons (Fsp3) is 0.286. The maximum absolute atomic E-state index is 12.3. The molecule has 0 saturated heterocycles. The Morgan fingerprint density at radius 1 is 1.22 bits per heavy atom. The Labute approximate surface area is 159 Å². The number of nitrogens with zero attached hydrogens (tertiary/aromatic N) is 1. The minimum atomic E-state index is -0.158. The van der Waals surface area contributed by atoms with Gasteiger partial charge in [-0.1, -0.05) is 24.3 Å². The molecule has 142 valence electrons. The number of carbonyl (C=O) groups excluding carboxylic acids is 1. The number of benzene rings is 2. The van der Waals surface area contributed by atoms with Crippen molar-refractivity contribution in [1.29, 1.82) is 0 Å². The molecule has 1 atom stereocenters. The summed E-state index contributed by atoms with van der Waals surface area (Å²) in [5.74, 6) is 2.07. The van der Waals surface area contributed by atoms with E-state index >= 15 is 0 Å². The van der Waals surface area contributed by atoms with E-state index in [2.05, 4.69) is 10.2 Å². The predicted molar refractivity (Wildman–Crippen MR) is 104 cm³/mol. The lowest BCUT2D eigenvalue weighted by Crippen LogP contribution is -2.33. The molecule has 27 heavy (non-hydrogen) atoms. The van der Waals surface area contributed by atoms with Gasteiger partial charge in [0.1, 0.15) is 5.75 Å². The number of hydrogen-bond donors (Lipinski definition) is 1. The molecule has 2 aromatic carbocycles. The number of amides is 1. The van der Waals surface area contributed by atoms with Crippen molar-refractivity contribution in [3.8, 4) is 17.2 Å². The van der Waals surface area contributed by atoms with Crippen LogP contribution in [0.2, 0.25) is 0 Å². The molecule has 0 aromatic heterocycles. The zero-order valence-electron chi connectivity index (χ0n) is 15.8. The molecule has 0 bridgehead atoms. The van der Waals surface area contributed by atoms with Crippen molar-refractivity contribution in [1.82, 2.24) is 10.2 Å². The van der Waals surface area contributed by atoms with E-state index in [1.54, 1.807) is 13.2 Å². The number of rotatable bonds is 7. The van der Waals surface area contributed by atoms with Crippen LogP contribution in [-0.2, 0) is 4.79 Å². The smallest absolute Gasteiger partial charge is 0.244 e. The van der Waals surface area contributed by atoms with E-state index in [9.17, 15) is 4.79 Å². The molecule has 0 saturated carbocycles. The molecule has 0 aliphatic carbocycles. The van der Waals surface area contributed by atoms with Gasteiger partial charge in [0.25, 0.3) is 0 Å². The number of fused-ring (bicyclic) bond motifs is 1. The molecule has 1 unspecified atom stereocenters. The summed E-state index contributed by atoms with van der Waals surface area (Å²) >= 11 is 0. The standard InChI is InChI=1S/C21H24N2O4/c1-23(2)17(16-6-4-5-7-18(16)25-3)13-22-21(24)11-9-15-8-10-19-20(12-15)27-14-26-19/h4-12,17H,13-14H2,1-3H3,(H,22,24)/b11-9+. The van der Waals surface area contributed by atoms with Crippen LogP contribution >= 0.6 is 0 Å². The van der Waals surface area contributed by atoms with Gasteiger partial charge >= 0.3 is 0 Å². The number of likely N-dealkylation sites (N-methyl/N-ethyl adjacent to an activating group) is 1. The summed E-state index contributed by atoms with van der Waals surface area (Å²) in [7, 11) is 5.61. The Morgan fingerprint density at radius 3 is 2.78 bits per heavy atom. The van der Waals surface area contributed by atoms with E-state index in [-0.39, 0.29) is 18.7 Å². The van der Waals surface area contributed by atoms with Crippen LogP contribution in [0.3, 0.4) is 0 Å². The van der Waals surface area contributed by atoms with Crippen molar-refractivity contribution in [3.63, 3.8) is 0 Å². The van der Waals surface area contributed by atoms with Crippen molar-refractivity contribution in [2.45, 2.75) is 6.04 Å². The highest BCUT2D eigenvalue weighted by atomic mass is 16.7. The van der Waals surface area contributed by atoms with E-state index in [0.717, 1.165) is 22.6 Å². The molecule has 6 heteroatoms. The molecule has 0 spiro atoms. The van der Waals surface area contributed by atoms with Gasteiger partial charge in [-0.15, -0.1) is 0 Å². The molecule has 2 aromatic rings. The number of hydrogen-bond acceptors (Lipinski definition) is 5. The van der Waals surface area contributed by atoms with Crippen LogP contribution in [0.4, 0.5) is 0 Å². The molecule has 1 aliphatic rings. The molecule has 1 aliphatic heterocycles. The van der Waals surface area contributed by atoms with Crippen LogP contribution < -0.4 is 19.5 Å². The second-order valence-corrected chi connectivity index (χ2v) is 6.41. The average Bonchev–Trinajstić information content (AvgIpc) is 3.14. The minimum Gasteiger partial charge on any atom is -0.496 e. The number of para-hydroxylation sites is 1. The first kappa shape index (κ1) is 18.8. The predicted octanol–water partition coefficient (Wildman–Crippen LogP) is 2.86. The molecule has 1 amide bonds. The second kappa shape index (κ2) is 8.60. The highest BCUT2D eigenvalue weighted by Gasteiger charge is 2.18. The molecule has 1 heterocycles. The van der Waals surface area contributed by atoms with E-state index < -0.39 is 0 Å². The molecule has 0 fully saturated rings. The summed E-state index contributed by atoms with van der Waals surface area (Å²) in [4.78, 5) is 14.3. The largest absolute Gasteiger partial charge is 0.496 e. The van der Waals surface area contributed by atoms with Gasteiger partial charge in [0.2, 0.25) is 12.7 Å². The van der Waals surface area contributed by atoms with Crippen molar-refractivity contribution >= 4 is 12.0 Å². The van der Waals surface area contributed by atoms with Crippen LogP contribution in [0.1, 0.15) is 17.2 Å². The molecular formula is C21H24N2O4. The highest BCUT2D eigenvalue weighted by Crippen LogP contribution is 2.32. The first-order valence-corrected chi connectivity index (χ1v) is 8.73. The molecular weight excluding hydrogens is 344 g/mol. The van der Waals surface area contributed by atoms with Gasteiger partial charge in [0.05, 0.1) is 13.2 Å². The maximum Gasteiger partial charge on any atom is 0.244 e. The third-order valence-corrected chi connectivity index (χ3v) is 4.41. The lowest BCUT2D eigenvalue weighted by Gasteiger charge is -2.26. The summed E-state index contributed by atoms with van der Waals surface area (Å²) in [6.45, 7) is 0.704.